The van der Waals surface area contributed by atoms with E-state index in [4.69, 9.17) is 9.15 Å². The number of aromatic nitrogens is 2. The normalized spacial score (nSPS) is 10.9. The minimum atomic E-state index is 0.196. The maximum Gasteiger partial charge on any atom is 0.242 e. The van der Waals surface area contributed by atoms with E-state index in [0.717, 1.165) is 0 Å². The van der Waals surface area contributed by atoms with Crippen LogP contribution < -0.4 is 0 Å². The first kappa shape index (κ1) is 8.20. The van der Waals surface area contributed by atoms with Gasteiger partial charge in [-0.25, -0.2) is 0 Å². The summed E-state index contributed by atoms with van der Waals surface area (Å²) >= 11 is 0. The first-order valence-corrected chi connectivity index (χ1v) is 3.59. The van der Waals surface area contributed by atoms with Gasteiger partial charge in [0.25, 0.3) is 0 Å². The Morgan fingerprint density at radius 3 is 2.64 bits per heavy atom. The second-order valence-corrected chi connectivity index (χ2v) is 2.57. The van der Waals surface area contributed by atoms with E-state index in [-0.39, 0.29) is 6.10 Å². The maximum atomic E-state index is 5.24. The molecule has 0 unspecified atom stereocenters. The molecule has 0 fully saturated rings. The van der Waals surface area contributed by atoms with E-state index in [9.17, 15) is 0 Å². The molecule has 0 aliphatic rings. The van der Waals surface area contributed by atoms with Crippen molar-refractivity contribution in [2.75, 3.05) is 0 Å². The summed E-state index contributed by atoms with van der Waals surface area (Å²) in [6.07, 6.45) is 0.196. The number of rotatable bonds is 3. The summed E-state index contributed by atoms with van der Waals surface area (Å²) in [4.78, 5) is 0. The monoisotopic (exact) mass is 156 g/mol. The quantitative estimate of drug-likeness (QED) is 0.661. The van der Waals surface area contributed by atoms with Gasteiger partial charge in [-0.3, -0.25) is 0 Å². The Bertz CT molecular complexity index is 220. The molecular formula is C7H12N2O2. The molecule has 0 aromatic carbocycles. The van der Waals surface area contributed by atoms with Gasteiger partial charge < -0.3 is 9.15 Å². The van der Waals surface area contributed by atoms with Crippen molar-refractivity contribution in [2.45, 2.75) is 33.5 Å². The third-order valence-electron chi connectivity index (χ3n) is 1.11. The topological polar surface area (TPSA) is 48.2 Å². The first-order chi connectivity index (χ1) is 5.18. The lowest BCUT2D eigenvalue weighted by atomic mass is 10.5. The van der Waals surface area contributed by atoms with Crippen molar-refractivity contribution in [1.82, 2.24) is 10.2 Å². The molecule has 0 saturated carbocycles. The average molecular weight is 156 g/mol. The molecule has 0 aliphatic heterocycles. The number of aryl methyl sites for hydroxylation is 1. The largest absolute Gasteiger partial charge is 0.423 e. The van der Waals surface area contributed by atoms with Crippen LogP contribution in [0.15, 0.2) is 4.42 Å². The van der Waals surface area contributed by atoms with Crippen LogP contribution in [-0.2, 0) is 11.3 Å². The van der Waals surface area contributed by atoms with Crippen LogP contribution in [-0.4, -0.2) is 16.3 Å². The molecule has 1 aromatic rings. The number of ether oxygens (including phenoxy) is 1. The Kier molecular flexibility index (Phi) is 2.59. The van der Waals surface area contributed by atoms with Gasteiger partial charge in [-0.2, -0.15) is 0 Å². The number of hydrogen-bond donors (Lipinski definition) is 0. The average Bonchev–Trinajstić information content (AvgIpc) is 2.31. The molecule has 4 heteroatoms. The minimum absolute atomic E-state index is 0.196. The second-order valence-electron chi connectivity index (χ2n) is 2.57. The summed E-state index contributed by atoms with van der Waals surface area (Å²) in [7, 11) is 0. The molecule has 0 bridgehead atoms. The fourth-order valence-electron chi connectivity index (χ4n) is 0.634. The minimum Gasteiger partial charge on any atom is -0.423 e. The summed E-state index contributed by atoms with van der Waals surface area (Å²) in [5, 5.41) is 7.44. The summed E-state index contributed by atoms with van der Waals surface area (Å²) in [5.74, 6) is 1.11. The Hall–Kier alpha value is -0.900. The SMILES string of the molecule is Cc1nnc(COC(C)C)o1. The van der Waals surface area contributed by atoms with E-state index in [1.165, 1.54) is 0 Å². The Morgan fingerprint density at radius 1 is 1.45 bits per heavy atom. The van der Waals surface area contributed by atoms with Crippen LogP contribution in [0.3, 0.4) is 0 Å². The van der Waals surface area contributed by atoms with E-state index in [2.05, 4.69) is 10.2 Å². The third-order valence-corrected chi connectivity index (χ3v) is 1.11. The number of nitrogens with zero attached hydrogens (tertiary/aromatic N) is 2. The van der Waals surface area contributed by atoms with Crippen molar-refractivity contribution in [2.24, 2.45) is 0 Å². The highest BCUT2D eigenvalue weighted by Crippen LogP contribution is 2.01. The molecule has 0 radical (unpaired) electrons. The van der Waals surface area contributed by atoms with Crippen molar-refractivity contribution >= 4 is 0 Å². The first-order valence-electron chi connectivity index (χ1n) is 3.59. The van der Waals surface area contributed by atoms with Crippen LogP contribution in [0.1, 0.15) is 25.6 Å². The Balaban J connectivity index is 2.39. The fourth-order valence-corrected chi connectivity index (χ4v) is 0.634. The molecule has 0 spiro atoms. The van der Waals surface area contributed by atoms with Gasteiger partial charge in [0.2, 0.25) is 11.8 Å². The van der Waals surface area contributed by atoms with E-state index < -0.39 is 0 Å². The molecule has 1 heterocycles. The van der Waals surface area contributed by atoms with Gasteiger partial charge >= 0.3 is 0 Å². The summed E-state index contributed by atoms with van der Waals surface area (Å²) < 4.78 is 10.3. The Labute approximate surface area is 65.6 Å². The van der Waals surface area contributed by atoms with E-state index in [1.54, 1.807) is 6.92 Å². The zero-order chi connectivity index (χ0) is 8.27. The number of hydrogen-bond acceptors (Lipinski definition) is 4. The van der Waals surface area contributed by atoms with Crippen molar-refractivity contribution in [3.8, 4) is 0 Å². The van der Waals surface area contributed by atoms with Gasteiger partial charge in [-0.05, 0) is 13.8 Å². The van der Waals surface area contributed by atoms with Crippen LogP contribution in [0, 0.1) is 6.92 Å². The Morgan fingerprint density at radius 2 is 2.18 bits per heavy atom. The van der Waals surface area contributed by atoms with Crippen molar-refractivity contribution < 1.29 is 9.15 Å². The summed E-state index contributed by atoms with van der Waals surface area (Å²) in [6, 6.07) is 0. The van der Waals surface area contributed by atoms with Crippen LogP contribution in [0.5, 0.6) is 0 Å². The highest BCUT2D eigenvalue weighted by atomic mass is 16.5. The maximum absolute atomic E-state index is 5.24. The molecule has 0 saturated heterocycles. The molecule has 0 N–H and O–H groups in total. The lowest BCUT2D eigenvalue weighted by Gasteiger charge is -2.02. The highest BCUT2D eigenvalue weighted by molar-refractivity contribution is 4.75. The van der Waals surface area contributed by atoms with Crippen molar-refractivity contribution in [3.63, 3.8) is 0 Å². The van der Waals surface area contributed by atoms with Crippen LogP contribution in [0.25, 0.3) is 0 Å². The van der Waals surface area contributed by atoms with Gasteiger partial charge in [0.05, 0.1) is 6.10 Å². The highest BCUT2D eigenvalue weighted by Gasteiger charge is 2.02. The standard InChI is InChI=1S/C7H12N2O2/c1-5(2)10-4-7-9-8-6(3)11-7/h5H,4H2,1-3H3. The lowest BCUT2D eigenvalue weighted by molar-refractivity contribution is 0.0512. The van der Waals surface area contributed by atoms with Crippen molar-refractivity contribution in [3.05, 3.63) is 11.8 Å². The predicted octanol–water partition coefficient (Wildman–Crippen LogP) is 1.30. The molecule has 1 aromatic heterocycles. The van der Waals surface area contributed by atoms with Crippen molar-refractivity contribution in [1.29, 1.82) is 0 Å². The van der Waals surface area contributed by atoms with Gasteiger partial charge in [0, 0.05) is 6.92 Å². The fraction of sp³-hybridized carbons (Fsp3) is 0.714. The second kappa shape index (κ2) is 3.48. The van der Waals surface area contributed by atoms with Gasteiger partial charge in [-0.1, -0.05) is 0 Å². The third kappa shape index (κ3) is 2.67. The van der Waals surface area contributed by atoms with E-state index in [1.807, 2.05) is 13.8 Å². The molecule has 0 atom stereocenters. The molecule has 11 heavy (non-hydrogen) atoms. The molecule has 1 rings (SSSR count). The summed E-state index contributed by atoms with van der Waals surface area (Å²) in [6.45, 7) is 6.08. The lowest BCUT2D eigenvalue weighted by Crippen LogP contribution is -2.02. The van der Waals surface area contributed by atoms with Gasteiger partial charge in [0.1, 0.15) is 6.61 Å². The summed E-state index contributed by atoms with van der Waals surface area (Å²) in [5.41, 5.74) is 0. The smallest absolute Gasteiger partial charge is 0.242 e. The molecule has 0 aliphatic carbocycles. The van der Waals surface area contributed by atoms with Gasteiger partial charge in [0.15, 0.2) is 0 Å². The molecule has 62 valence electrons. The van der Waals surface area contributed by atoms with Crippen LogP contribution >= 0.6 is 0 Å². The van der Waals surface area contributed by atoms with E-state index in [0.29, 0.717) is 18.4 Å². The zero-order valence-electron chi connectivity index (χ0n) is 7.00. The zero-order valence-corrected chi connectivity index (χ0v) is 7.00. The van der Waals surface area contributed by atoms with E-state index >= 15 is 0 Å². The predicted molar refractivity (Wildman–Crippen MR) is 39.0 cm³/mol. The van der Waals surface area contributed by atoms with Gasteiger partial charge in [-0.15, -0.1) is 10.2 Å². The molecular weight excluding hydrogens is 144 g/mol. The molecule has 4 nitrogen and oxygen atoms in total. The van der Waals surface area contributed by atoms with Crippen LogP contribution in [0.2, 0.25) is 0 Å². The van der Waals surface area contributed by atoms with Crippen LogP contribution in [0.4, 0.5) is 0 Å². The molecule has 0 amide bonds.